The molecule has 0 aliphatic heterocycles. The summed E-state index contributed by atoms with van der Waals surface area (Å²) in [5.41, 5.74) is 0.478. The smallest absolute Gasteiger partial charge is 1.00 e. The molecule has 0 unspecified atom stereocenters. The molecular formula is C24H41NaO4. The zero-order valence-corrected chi connectivity index (χ0v) is 20.9. The van der Waals surface area contributed by atoms with E-state index >= 15 is 0 Å². The van der Waals surface area contributed by atoms with E-state index in [9.17, 15) is 15.0 Å². The Morgan fingerprint density at radius 2 is 1.66 bits per heavy atom. The van der Waals surface area contributed by atoms with Crippen LogP contribution in [0, 0.1) is 46.3 Å². The van der Waals surface area contributed by atoms with E-state index in [-0.39, 0.29) is 60.9 Å². The van der Waals surface area contributed by atoms with Crippen LogP contribution in [0.4, 0.5) is 0 Å². The molecule has 4 aliphatic carbocycles. The topological polar surface area (TPSA) is 77.8 Å². The van der Waals surface area contributed by atoms with Gasteiger partial charge >= 0.3 is 35.5 Å². The van der Waals surface area contributed by atoms with Gasteiger partial charge in [-0.3, -0.25) is 4.79 Å². The molecule has 3 N–H and O–H groups in total. The van der Waals surface area contributed by atoms with Gasteiger partial charge in [-0.25, -0.2) is 0 Å². The van der Waals surface area contributed by atoms with Crippen molar-refractivity contribution >= 4 is 5.97 Å². The number of aliphatic hydroxyl groups is 2. The van der Waals surface area contributed by atoms with Crippen molar-refractivity contribution in [3.05, 3.63) is 0 Å². The molecule has 4 rings (SSSR count). The van der Waals surface area contributed by atoms with Crippen LogP contribution in [0.15, 0.2) is 0 Å². The molecule has 4 nitrogen and oxygen atoms in total. The van der Waals surface area contributed by atoms with Gasteiger partial charge in [-0.15, -0.1) is 0 Å². The standard InChI is InChI=1S/C24H40O4.Na.H/c1-14(4-7-22(27)28)17-5-6-18-16-13-21(26)20-12-15(25)8-10-24(20,3)19(16)9-11-23(17,18)2;;/h14-21,25-26H,4-13H2,1-3H3,(H,27,28);;/q;+1;-1/t14-,15-,16+,17-,18+,19+,20+,21+,23-,24-;;/m1../s1. The molecule has 0 aromatic heterocycles. The van der Waals surface area contributed by atoms with E-state index in [1.54, 1.807) is 0 Å². The second-order valence-corrected chi connectivity index (χ2v) is 11.4. The predicted octanol–water partition coefficient (Wildman–Crippen LogP) is 1.59. The normalized spacial score (nSPS) is 49.9. The second kappa shape index (κ2) is 8.73. The van der Waals surface area contributed by atoms with Gasteiger partial charge in [0.15, 0.2) is 0 Å². The van der Waals surface area contributed by atoms with E-state index < -0.39 is 5.97 Å². The van der Waals surface area contributed by atoms with E-state index in [0.29, 0.717) is 35.0 Å². The molecule has 0 heterocycles. The van der Waals surface area contributed by atoms with Gasteiger partial charge < -0.3 is 16.7 Å². The van der Waals surface area contributed by atoms with Crippen molar-refractivity contribution in [2.45, 2.75) is 97.2 Å². The van der Waals surface area contributed by atoms with Gasteiger partial charge in [0.1, 0.15) is 0 Å². The summed E-state index contributed by atoms with van der Waals surface area (Å²) < 4.78 is 0. The van der Waals surface area contributed by atoms with Gasteiger partial charge in [0, 0.05) is 6.42 Å². The average Bonchev–Trinajstić information content (AvgIpc) is 2.99. The van der Waals surface area contributed by atoms with Gasteiger partial charge in [0.05, 0.1) is 12.2 Å². The first-order chi connectivity index (χ1) is 13.2. The number of fused-ring (bicyclic) bond motifs is 5. The van der Waals surface area contributed by atoms with Crippen LogP contribution in [0.1, 0.15) is 86.4 Å². The van der Waals surface area contributed by atoms with Gasteiger partial charge in [-0.1, -0.05) is 20.8 Å². The second-order valence-electron chi connectivity index (χ2n) is 11.4. The molecule has 0 saturated heterocycles. The van der Waals surface area contributed by atoms with E-state index in [2.05, 4.69) is 20.8 Å². The molecule has 4 saturated carbocycles. The van der Waals surface area contributed by atoms with Crippen molar-refractivity contribution in [2.75, 3.05) is 0 Å². The zero-order valence-electron chi connectivity index (χ0n) is 19.9. The summed E-state index contributed by atoms with van der Waals surface area (Å²) in [6.45, 7) is 7.16. The summed E-state index contributed by atoms with van der Waals surface area (Å²) in [5.74, 6) is 2.61. The van der Waals surface area contributed by atoms with Gasteiger partial charge in [0.25, 0.3) is 0 Å². The third-order valence-electron chi connectivity index (χ3n) is 10.2. The molecule has 10 atom stereocenters. The molecular weight excluding hydrogens is 375 g/mol. The quantitative estimate of drug-likeness (QED) is 0.609. The number of hydrogen-bond donors (Lipinski definition) is 3. The number of hydrogen-bond acceptors (Lipinski definition) is 3. The molecule has 5 heteroatoms. The minimum absolute atomic E-state index is 0. The van der Waals surface area contributed by atoms with Crippen molar-refractivity contribution in [2.24, 2.45) is 46.3 Å². The maximum absolute atomic E-state index is 11.1. The van der Waals surface area contributed by atoms with Gasteiger partial charge in [-0.2, -0.15) is 0 Å². The summed E-state index contributed by atoms with van der Waals surface area (Å²) in [7, 11) is 0. The number of aliphatic hydroxyl groups excluding tert-OH is 2. The van der Waals surface area contributed by atoms with E-state index in [0.717, 1.165) is 32.1 Å². The van der Waals surface area contributed by atoms with Gasteiger partial charge in [0.2, 0.25) is 0 Å². The van der Waals surface area contributed by atoms with E-state index in [1.165, 1.54) is 25.7 Å². The Morgan fingerprint density at radius 3 is 2.34 bits per heavy atom. The van der Waals surface area contributed by atoms with Crippen molar-refractivity contribution in [3.8, 4) is 0 Å². The molecule has 0 bridgehead atoms. The SMILES string of the molecule is C[C@H](CCC(=O)O)[C@H]1CC[C@H]2[C@@H]3C[C@H](O)[C@@H]4C[C@H](O)CC[C@]4(C)[C@H]3CC[C@]12C.[H-].[Na+]. The van der Waals surface area contributed by atoms with E-state index in [4.69, 9.17) is 5.11 Å². The number of rotatable bonds is 4. The third-order valence-corrected chi connectivity index (χ3v) is 10.2. The monoisotopic (exact) mass is 416 g/mol. The molecule has 0 radical (unpaired) electrons. The summed E-state index contributed by atoms with van der Waals surface area (Å²) in [5, 5.41) is 30.4. The fourth-order valence-corrected chi connectivity index (χ4v) is 8.81. The fourth-order valence-electron chi connectivity index (χ4n) is 8.81. The Morgan fingerprint density at radius 1 is 1.00 bits per heavy atom. The Balaban J connectivity index is 0.00000160. The average molecular weight is 417 g/mol. The van der Waals surface area contributed by atoms with Crippen molar-refractivity contribution in [1.82, 2.24) is 0 Å². The molecule has 4 aliphatic rings. The molecule has 0 spiro atoms. The summed E-state index contributed by atoms with van der Waals surface area (Å²) in [6, 6.07) is 0. The predicted molar refractivity (Wildman–Crippen MR) is 110 cm³/mol. The number of carboxylic acids is 1. The van der Waals surface area contributed by atoms with Crippen LogP contribution in [0.3, 0.4) is 0 Å². The van der Waals surface area contributed by atoms with Crippen LogP contribution >= 0.6 is 0 Å². The van der Waals surface area contributed by atoms with Crippen molar-refractivity contribution < 1.29 is 51.1 Å². The Labute approximate surface area is 200 Å². The van der Waals surface area contributed by atoms with Crippen LogP contribution in [-0.2, 0) is 4.79 Å². The summed E-state index contributed by atoms with van der Waals surface area (Å²) in [4.78, 5) is 11.1. The molecule has 29 heavy (non-hydrogen) atoms. The molecule has 0 amide bonds. The summed E-state index contributed by atoms with van der Waals surface area (Å²) in [6.07, 6.45) is 9.16. The van der Waals surface area contributed by atoms with Crippen molar-refractivity contribution in [1.29, 1.82) is 0 Å². The number of aliphatic carboxylic acids is 1. The minimum Gasteiger partial charge on any atom is -1.00 e. The Bertz CT molecular complexity index is 618. The van der Waals surface area contributed by atoms with Crippen molar-refractivity contribution in [3.63, 3.8) is 0 Å². The Hall–Kier alpha value is 0.390. The maximum atomic E-state index is 11.1. The van der Waals surface area contributed by atoms with Crippen LogP contribution in [0.5, 0.6) is 0 Å². The zero-order chi connectivity index (χ0) is 20.3. The van der Waals surface area contributed by atoms with Crippen LogP contribution in [0.2, 0.25) is 0 Å². The molecule has 4 fully saturated rings. The van der Waals surface area contributed by atoms with E-state index in [1.807, 2.05) is 0 Å². The molecule has 162 valence electrons. The Kier molecular flexibility index (Phi) is 7.24. The number of carbonyl (C=O) groups is 1. The largest absolute Gasteiger partial charge is 1.00 e. The first-order valence-corrected chi connectivity index (χ1v) is 11.7. The van der Waals surface area contributed by atoms with Crippen LogP contribution < -0.4 is 29.6 Å². The first kappa shape index (κ1) is 24.0. The third kappa shape index (κ3) is 3.99. The van der Waals surface area contributed by atoms with Gasteiger partial charge in [-0.05, 0) is 104 Å². The molecule has 0 aromatic rings. The first-order valence-electron chi connectivity index (χ1n) is 11.7. The fraction of sp³-hybridized carbons (Fsp3) is 0.958. The van der Waals surface area contributed by atoms with Crippen LogP contribution in [-0.4, -0.2) is 33.5 Å². The van der Waals surface area contributed by atoms with Crippen LogP contribution in [0.25, 0.3) is 0 Å². The maximum Gasteiger partial charge on any atom is 1.00 e. The summed E-state index contributed by atoms with van der Waals surface area (Å²) >= 11 is 0. The number of carboxylic acid groups (broad SMARTS) is 1. The molecule has 0 aromatic carbocycles. The minimum atomic E-state index is -0.677.